The van der Waals surface area contributed by atoms with Crippen LogP contribution >= 0.6 is 0 Å². The van der Waals surface area contributed by atoms with Gasteiger partial charge in [-0.15, -0.1) is 0 Å². The van der Waals surface area contributed by atoms with Crippen molar-refractivity contribution in [3.05, 3.63) is 23.9 Å². The molecule has 3 nitrogen and oxygen atoms in total. The van der Waals surface area contributed by atoms with Crippen LogP contribution < -0.4 is 10.1 Å². The first kappa shape index (κ1) is 9.00. The summed E-state index contributed by atoms with van der Waals surface area (Å²) in [6.07, 6.45) is 1.75. The molecule has 66 valence electrons. The van der Waals surface area contributed by atoms with Crippen LogP contribution in [0.4, 0.5) is 0 Å². The van der Waals surface area contributed by atoms with E-state index in [4.69, 9.17) is 4.74 Å². The largest absolute Gasteiger partial charge is 0.476 e. The van der Waals surface area contributed by atoms with E-state index in [2.05, 4.69) is 10.3 Å². The molecule has 1 N–H and O–H groups in total. The summed E-state index contributed by atoms with van der Waals surface area (Å²) in [5.41, 5.74) is 1.17. The Morgan fingerprint density at radius 3 is 3.08 bits per heavy atom. The van der Waals surface area contributed by atoms with Gasteiger partial charge in [-0.3, -0.25) is 0 Å². The first-order valence-electron chi connectivity index (χ1n) is 4.03. The van der Waals surface area contributed by atoms with Crippen molar-refractivity contribution in [1.29, 1.82) is 0 Å². The predicted molar refractivity (Wildman–Crippen MR) is 48.4 cm³/mol. The molecule has 1 aromatic heterocycles. The first-order valence-corrected chi connectivity index (χ1v) is 4.03. The van der Waals surface area contributed by atoms with Crippen LogP contribution in [0.3, 0.4) is 0 Å². The average molecular weight is 166 g/mol. The molecule has 0 saturated carbocycles. The van der Waals surface area contributed by atoms with Gasteiger partial charge in [-0.1, -0.05) is 0 Å². The highest BCUT2D eigenvalue weighted by Crippen LogP contribution is 2.06. The van der Waals surface area contributed by atoms with Crippen molar-refractivity contribution in [2.75, 3.05) is 20.2 Å². The number of likely N-dealkylation sites (N-methyl/N-ethyl adjacent to an activating group) is 1. The van der Waals surface area contributed by atoms with E-state index in [0.29, 0.717) is 12.5 Å². The van der Waals surface area contributed by atoms with Crippen LogP contribution in [0.5, 0.6) is 5.88 Å². The monoisotopic (exact) mass is 166 g/mol. The van der Waals surface area contributed by atoms with E-state index < -0.39 is 0 Å². The third kappa shape index (κ3) is 2.88. The highest BCUT2D eigenvalue weighted by molar-refractivity contribution is 5.18. The number of aromatic nitrogens is 1. The Morgan fingerprint density at radius 2 is 2.42 bits per heavy atom. The van der Waals surface area contributed by atoms with E-state index >= 15 is 0 Å². The van der Waals surface area contributed by atoms with Crippen LogP contribution in [0.25, 0.3) is 0 Å². The number of rotatable bonds is 4. The molecule has 3 heteroatoms. The van der Waals surface area contributed by atoms with Gasteiger partial charge in [0.2, 0.25) is 5.88 Å². The van der Waals surface area contributed by atoms with E-state index in [9.17, 15) is 0 Å². The molecule has 1 aromatic rings. The van der Waals surface area contributed by atoms with Crippen molar-refractivity contribution in [3.8, 4) is 5.88 Å². The molecule has 0 spiro atoms. The fourth-order valence-corrected chi connectivity index (χ4v) is 0.845. The van der Waals surface area contributed by atoms with Gasteiger partial charge in [0.1, 0.15) is 6.61 Å². The average Bonchev–Trinajstić information content (AvgIpc) is 2.05. The van der Waals surface area contributed by atoms with Crippen LogP contribution in [0.2, 0.25) is 0 Å². The zero-order valence-electron chi connectivity index (χ0n) is 7.50. The summed E-state index contributed by atoms with van der Waals surface area (Å²) in [6, 6.07) is 3.88. The van der Waals surface area contributed by atoms with Crippen molar-refractivity contribution in [1.82, 2.24) is 10.3 Å². The second kappa shape index (κ2) is 4.72. The van der Waals surface area contributed by atoms with Crippen LogP contribution in [0.15, 0.2) is 18.3 Å². The predicted octanol–water partition coefficient (Wildman–Crippen LogP) is 0.988. The number of hydrogen-bond donors (Lipinski definition) is 1. The molecule has 1 heterocycles. The Bertz CT molecular complexity index is 238. The summed E-state index contributed by atoms with van der Waals surface area (Å²) in [5, 5.41) is 3.00. The normalized spacial score (nSPS) is 9.83. The Morgan fingerprint density at radius 1 is 1.58 bits per heavy atom. The number of nitrogens with zero attached hydrogens (tertiary/aromatic N) is 1. The fourth-order valence-electron chi connectivity index (χ4n) is 0.845. The highest BCUT2D eigenvalue weighted by Gasteiger charge is 1.93. The lowest BCUT2D eigenvalue weighted by Crippen LogP contribution is -2.16. The van der Waals surface area contributed by atoms with E-state index in [1.807, 2.05) is 26.1 Å². The van der Waals surface area contributed by atoms with Gasteiger partial charge in [0.05, 0.1) is 0 Å². The van der Waals surface area contributed by atoms with Crippen LogP contribution in [0, 0.1) is 6.92 Å². The number of pyridine rings is 1. The highest BCUT2D eigenvalue weighted by atomic mass is 16.5. The molecule has 12 heavy (non-hydrogen) atoms. The summed E-state index contributed by atoms with van der Waals surface area (Å²) in [6.45, 7) is 3.52. The minimum atomic E-state index is 0.660. The fraction of sp³-hybridized carbons (Fsp3) is 0.444. The maximum atomic E-state index is 5.35. The van der Waals surface area contributed by atoms with Crippen LogP contribution in [0.1, 0.15) is 5.56 Å². The quantitative estimate of drug-likeness (QED) is 0.677. The minimum absolute atomic E-state index is 0.660. The molecule has 0 aliphatic heterocycles. The Balaban J connectivity index is 2.41. The van der Waals surface area contributed by atoms with Gasteiger partial charge < -0.3 is 10.1 Å². The second-order valence-corrected chi connectivity index (χ2v) is 2.62. The summed E-state index contributed by atoms with van der Waals surface area (Å²) < 4.78 is 5.35. The molecule has 0 atom stereocenters. The van der Waals surface area contributed by atoms with Gasteiger partial charge in [0.25, 0.3) is 0 Å². The summed E-state index contributed by atoms with van der Waals surface area (Å²) in [4.78, 5) is 4.06. The molecule has 0 radical (unpaired) electrons. The maximum absolute atomic E-state index is 5.35. The molecular formula is C9H14N2O. The number of aryl methyl sites for hydroxylation is 1. The Labute approximate surface area is 72.8 Å². The van der Waals surface area contributed by atoms with E-state index in [-0.39, 0.29) is 0 Å². The third-order valence-corrected chi connectivity index (χ3v) is 1.49. The summed E-state index contributed by atoms with van der Waals surface area (Å²) >= 11 is 0. The topological polar surface area (TPSA) is 34.1 Å². The van der Waals surface area contributed by atoms with E-state index in [1.54, 1.807) is 6.20 Å². The number of ether oxygens (including phenoxy) is 1. The molecule has 0 aliphatic carbocycles. The van der Waals surface area contributed by atoms with Crippen LogP contribution in [-0.2, 0) is 0 Å². The minimum Gasteiger partial charge on any atom is -0.476 e. The van der Waals surface area contributed by atoms with Gasteiger partial charge in [-0.2, -0.15) is 0 Å². The maximum Gasteiger partial charge on any atom is 0.213 e. The second-order valence-electron chi connectivity index (χ2n) is 2.62. The van der Waals surface area contributed by atoms with Crippen LogP contribution in [-0.4, -0.2) is 25.2 Å². The van der Waals surface area contributed by atoms with Crippen molar-refractivity contribution in [3.63, 3.8) is 0 Å². The molecule has 0 unspecified atom stereocenters. The van der Waals surface area contributed by atoms with Gasteiger partial charge >= 0.3 is 0 Å². The van der Waals surface area contributed by atoms with Crippen molar-refractivity contribution < 1.29 is 4.74 Å². The Kier molecular flexibility index (Phi) is 3.54. The number of hydrogen-bond acceptors (Lipinski definition) is 3. The molecule has 1 rings (SSSR count). The van der Waals surface area contributed by atoms with Crippen molar-refractivity contribution in [2.24, 2.45) is 0 Å². The zero-order chi connectivity index (χ0) is 8.81. The Hall–Kier alpha value is -1.09. The summed E-state index contributed by atoms with van der Waals surface area (Å²) in [5.74, 6) is 0.699. The van der Waals surface area contributed by atoms with Gasteiger partial charge in [0.15, 0.2) is 0 Å². The standard InChI is InChI=1S/C9H14N2O/c1-8-3-4-11-9(7-8)12-6-5-10-2/h3-4,7,10H,5-6H2,1-2H3. The van der Waals surface area contributed by atoms with Gasteiger partial charge in [-0.05, 0) is 25.6 Å². The molecule has 0 bridgehead atoms. The molecule has 0 aromatic carbocycles. The SMILES string of the molecule is CNCCOc1cc(C)ccn1. The molecule has 0 saturated heterocycles. The first-order chi connectivity index (χ1) is 5.83. The molecule has 0 fully saturated rings. The number of nitrogens with one attached hydrogen (secondary N) is 1. The smallest absolute Gasteiger partial charge is 0.213 e. The van der Waals surface area contributed by atoms with E-state index in [1.165, 1.54) is 5.56 Å². The van der Waals surface area contributed by atoms with Gasteiger partial charge in [0, 0.05) is 18.8 Å². The molecular weight excluding hydrogens is 152 g/mol. The van der Waals surface area contributed by atoms with E-state index in [0.717, 1.165) is 6.54 Å². The van der Waals surface area contributed by atoms with Crippen molar-refractivity contribution >= 4 is 0 Å². The third-order valence-electron chi connectivity index (χ3n) is 1.49. The lowest BCUT2D eigenvalue weighted by atomic mass is 10.3. The molecule has 0 aliphatic rings. The van der Waals surface area contributed by atoms with Gasteiger partial charge in [-0.25, -0.2) is 4.98 Å². The molecule has 0 amide bonds. The lowest BCUT2D eigenvalue weighted by Gasteiger charge is -2.04. The zero-order valence-corrected chi connectivity index (χ0v) is 7.50. The lowest BCUT2D eigenvalue weighted by molar-refractivity contribution is 0.306. The summed E-state index contributed by atoms with van der Waals surface area (Å²) in [7, 11) is 1.90. The van der Waals surface area contributed by atoms with Crippen molar-refractivity contribution in [2.45, 2.75) is 6.92 Å².